The van der Waals surface area contributed by atoms with E-state index in [1.807, 2.05) is 0 Å². The summed E-state index contributed by atoms with van der Waals surface area (Å²) in [5.74, 6) is 0.553. The lowest BCUT2D eigenvalue weighted by Gasteiger charge is -2.32. The van der Waals surface area contributed by atoms with Crippen molar-refractivity contribution >= 4 is 17.0 Å². The Morgan fingerprint density at radius 3 is 3.17 bits per heavy atom. The lowest BCUT2D eigenvalue weighted by molar-refractivity contribution is -0.0669. The van der Waals surface area contributed by atoms with E-state index in [2.05, 4.69) is 25.3 Å². The Bertz CT molecular complexity index is 544. The van der Waals surface area contributed by atoms with Crippen molar-refractivity contribution < 1.29 is 9.84 Å². The fourth-order valence-corrected chi connectivity index (χ4v) is 1.99. The Kier molecular flexibility index (Phi) is 2.82. The zero-order valence-corrected chi connectivity index (χ0v) is 9.58. The molecule has 0 bridgehead atoms. The molecule has 1 saturated heterocycles. The fraction of sp³-hybridized carbons (Fsp3) is 0.500. The highest BCUT2D eigenvalue weighted by Crippen LogP contribution is 2.19. The smallest absolute Gasteiger partial charge is 0.182 e. The van der Waals surface area contributed by atoms with Crippen LogP contribution in [-0.2, 0) is 4.74 Å². The van der Waals surface area contributed by atoms with E-state index in [0.717, 1.165) is 0 Å². The van der Waals surface area contributed by atoms with E-state index < -0.39 is 12.3 Å². The van der Waals surface area contributed by atoms with Crippen molar-refractivity contribution in [1.29, 1.82) is 0 Å². The number of aliphatic hydroxyl groups is 1. The molecular weight excluding hydrogens is 236 g/mol. The van der Waals surface area contributed by atoms with Crippen molar-refractivity contribution in [2.45, 2.75) is 24.8 Å². The number of nitrogens with two attached hydrogens (primary N) is 1. The SMILES string of the molecule is NC1COC(Nc2ncnc3nc[nH]c23)C(O)C1. The van der Waals surface area contributed by atoms with E-state index in [9.17, 15) is 5.11 Å². The van der Waals surface area contributed by atoms with Crippen molar-refractivity contribution in [2.75, 3.05) is 11.9 Å². The first-order valence-corrected chi connectivity index (χ1v) is 5.70. The van der Waals surface area contributed by atoms with Crippen LogP contribution in [0.3, 0.4) is 0 Å². The molecule has 5 N–H and O–H groups in total. The van der Waals surface area contributed by atoms with Gasteiger partial charge < -0.3 is 25.9 Å². The van der Waals surface area contributed by atoms with Gasteiger partial charge in [-0.25, -0.2) is 15.0 Å². The van der Waals surface area contributed by atoms with Crippen LogP contribution < -0.4 is 11.1 Å². The summed E-state index contributed by atoms with van der Waals surface area (Å²) in [5, 5.41) is 12.9. The molecule has 3 heterocycles. The summed E-state index contributed by atoms with van der Waals surface area (Å²) in [4.78, 5) is 15.1. The number of fused-ring (bicyclic) bond motifs is 1. The average Bonchev–Trinajstić information content (AvgIpc) is 2.82. The van der Waals surface area contributed by atoms with Gasteiger partial charge in [-0.05, 0) is 6.42 Å². The Morgan fingerprint density at radius 1 is 1.44 bits per heavy atom. The van der Waals surface area contributed by atoms with Gasteiger partial charge in [0.1, 0.15) is 17.9 Å². The van der Waals surface area contributed by atoms with Gasteiger partial charge in [-0.2, -0.15) is 0 Å². The number of ether oxygens (including phenoxy) is 1. The van der Waals surface area contributed by atoms with Crippen molar-refractivity contribution in [3.63, 3.8) is 0 Å². The predicted octanol–water partition coefficient (Wildman–Crippen LogP) is -0.801. The standard InChI is InChI=1S/C10H14N6O2/c11-5-1-6(17)10(18-2-5)16-9-7-8(13-3-12-7)14-4-15-9/h3-6,10,17H,1-2,11H2,(H2,12,13,14,15,16). The molecule has 0 radical (unpaired) electrons. The van der Waals surface area contributed by atoms with E-state index in [4.69, 9.17) is 10.5 Å². The van der Waals surface area contributed by atoms with E-state index in [-0.39, 0.29) is 6.04 Å². The van der Waals surface area contributed by atoms with Gasteiger partial charge >= 0.3 is 0 Å². The second-order valence-electron chi connectivity index (χ2n) is 4.28. The molecule has 0 amide bonds. The zero-order valence-electron chi connectivity index (χ0n) is 9.58. The molecule has 2 aromatic heterocycles. The molecule has 3 unspecified atom stereocenters. The van der Waals surface area contributed by atoms with Crippen LogP contribution in [-0.4, -0.2) is 50.0 Å². The number of anilines is 1. The fourth-order valence-electron chi connectivity index (χ4n) is 1.99. The largest absolute Gasteiger partial charge is 0.388 e. The van der Waals surface area contributed by atoms with Crippen molar-refractivity contribution in [2.24, 2.45) is 5.73 Å². The van der Waals surface area contributed by atoms with Crippen LogP contribution in [0.15, 0.2) is 12.7 Å². The molecule has 3 rings (SSSR count). The molecule has 1 aliphatic rings. The van der Waals surface area contributed by atoms with Crippen LogP contribution in [0.1, 0.15) is 6.42 Å². The van der Waals surface area contributed by atoms with Gasteiger partial charge in [0.25, 0.3) is 0 Å². The Hall–Kier alpha value is -1.77. The second kappa shape index (κ2) is 4.48. The number of H-pyrrole nitrogens is 1. The van der Waals surface area contributed by atoms with E-state index in [1.165, 1.54) is 6.33 Å². The highest BCUT2D eigenvalue weighted by Gasteiger charge is 2.28. The van der Waals surface area contributed by atoms with E-state index in [1.54, 1.807) is 6.33 Å². The molecule has 0 aromatic carbocycles. The number of aromatic nitrogens is 4. The highest BCUT2D eigenvalue weighted by atomic mass is 16.5. The lowest BCUT2D eigenvalue weighted by atomic mass is 10.1. The normalized spacial score (nSPS) is 28.4. The third-order valence-electron chi connectivity index (χ3n) is 2.89. The third-order valence-corrected chi connectivity index (χ3v) is 2.89. The maximum absolute atomic E-state index is 9.89. The lowest BCUT2D eigenvalue weighted by Crippen LogP contribution is -2.48. The zero-order chi connectivity index (χ0) is 12.5. The van der Waals surface area contributed by atoms with E-state index >= 15 is 0 Å². The molecule has 1 aliphatic heterocycles. The first-order chi connectivity index (χ1) is 8.74. The van der Waals surface area contributed by atoms with Crippen LogP contribution in [0.25, 0.3) is 11.2 Å². The molecule has 8 heteroatoms. The van der Waals surface area contributed by atoms with Gasteiger partial charge in [-0.15, -0.1) is 0 Å². The van der Waals surface area contributed by atoms with Crippen LogP contribution in [0.5, 0.6) is 0 Å². The molecule has 2 aromatic rings. The van der Waals surface area contributed by atoms with Crippen molar-refractivity contribution in [3.05, 3.63) is 12.7 Å². The van der Waals surface area contributed by atoms with Gasteiger partial charge in [-0.1, -0.05) is 0 Å². The first-order valence-electron chi connectivity index (χ1n) is 5.70. The highest BCUT2D eigenvalue weighted by molar-refractivity contribution is 5.81. The molecular formula is C10H14N6O2. The monoisotopic (exact) mass is 250 g/mol. The number of hydrogen-bond acceptors (Lipinski definition) is 7. The Labute approximate surface area is 103 Å². The molecule has 96 valence electrons. The van der Waals surface area contributed by atoms with Gasteiger partial charge in [0.05, 0.1) is 12.9 Å². The third kappa shape index (κ3) is 2.01. The maximum Gasteiger partial charge on any atom is 0.182 e. The molecule has 0 saturated carbocycles. The van der Waals surface area contributed by atoms with Crippen molar-refractivity contribution in [3.8, 4) is 0 Å². The molecule has 3 atom stereocenters. The van der Waals surface area contributed by atoms with Crippen LogP contribution in [0.2, 0.25) is 0 Å². The molecule has 1 fully saturated rings. The van der Waals surface area contributed by atoms with Gasteiger partial charge in [0.2, 0.25) is 0 Å². The number of hydrogen-bond donors (Lipinski definition) is 4. The number of rotatable bonds is 2. The minimum absolute atomic E-state index is 0.129. The number of aromatic amines is 1. The molecule has 0 spiro atoms. The average molecular weight is 250 g/mol. The summed E-state index contributed by atoms with van der Waals surface area (Å²) in [6.45, 7) is 0.409. The molecule has 0 aliphatic carbocycles. The minimum Gasteiger partial charge on any atom is -0.388 e. The summed E-state index contributed by atoms with van der Waals surface area (Å²) in [6.07, 6.45) is 2.26. The Balaban J connectivity index is 1.82. The van der Waals surface area contributed by atoms with E-state index in [0.29, 0.717) is 30.0 Å². The molecule has 18 heavy (non-hydrogen) atoms. The summed E-state index contributed by atoms with van der Waals surface area (Å²) in [7, 11) is 0. The first kappa shape index (κ1) is 11.3. The van der Waals surface area contributed by atoms with Crippen LogP contribution in [0.4, 0.5) is 5.82 Å². The second-order valence-corrected chi connectivity index (χ2v) is 4.28. The quantitative estimate of drug-likeness (QED) is 0.550. The minimum atomic E-state index is -0.665. The summed E-state index contributed by atoms with van der Waals surface area (Å²) in [6, 6.07) is -0.129. The van der Waals surface area contributed by atoms with Crippen LogP contribution >= 0.6 is 0 Å². The van der Waals surface area contributed by atoms with Crippen molar-refractivity contribution in [1.82, 2.24) is 19.9 Å². The number of nitrogens with one attached hydrogen (secondary N) is 2. The summed E-state index contributed by atoms with van der Waals surface area (Å²) in [5.41, 5.74) is 6.95. The van der Waals surface area contributed by atoms with Gasteiger partial charge in [0.15, 0.2) is 17.7 Å². The number of imidazole rings is 1. The summed E-state index contributed by atoms with van der Waals surface area (Å²) >= 11 is 0. The van der Waals surface area contributed by atoms with Gasteiger partial charge in [-0.3, -0.25) is 0 Å². The predicted molar refractivity (Wildman–Crippen MR) is 63.6 cm³/mol. The molecule has 8 nitrogen and oxygen atoms in total. The topological polar surface area (TPSA) is 122 Å². The number of nitrogens with zero attached hydrogens (tertiary/aromatic N) is 3. The maximum atomic E-state index is 9.89. The number of aliphatic hydroxyl groups excluding tert-OH is 1. The van der Waals surface area contributed by atoms with Crippen LogP contribution in [0, 0.1) is 0 Å². The Morgan fingerprint density at radius 2 is 2.33 bits per heavy atom. The summed E-state index contributed by atoms with van der Waals surface area (Å²) < 4.78 is 5.45. The van der Waals surface area contributed by atoms with Gasteiger partial charge in [0, 0.05) is 6.04 Å².